The van der Waals surface area contributed by atoms with Crippen molar-refractivity contribution in [2.24, 2.45) is 11.3 Å². The number of hydrogen-bond donors (Lipinski definition) is 0. The Labute approximate surface area is 278 Å². The SMILES string of the molecule is Cc1ccc(C2(c3ccc(C)cc3)C3=C(c4c(C(C)(C)C)ccc5c4Cc4cc(C(C)(C)C)ccc4-5)C(C)C2=C3C(C)(C)C)cc1. The van der Waals surface area contributed by atoms with E-state index in [0.29, 0.717) is 5.92 Å². The monoisotopic (exact) mass is 604 g/mol. The molecule has 46 heavy (non-hydrogen) atoms. The molecular weight excluding hydrogens is 553 g/mol. The molecule has 0 fully saturated rings. The summed E-state index contributed by atoms with van der Waals surface area (Å²) in [5.74, 6) is 0.327. The first kappa shape index (κ1) is 31.0. The van der Waals surface area contributed by atoms with Crippen molar-refractivity contribution in [2.75, 3.05) is 0 Å². The van der Waals surface area contributed by atoms with E-state index in [4.69, 9.17) is 0 Å². The van der Waals surface area contributed by atoms with Gasteiger partial charge in [-0.2, -0.15) is 0 Å². The summed E-state index contributed by atoms with van der Waals surface area (Å²) in [5, 5.41) is 0. The van der Waals surface area contributed by atoms with Gasteiger partial charge in [-0.15, -0.1) is 0 Å². The summed E-state index contributed by atoms with van der Waals surface area (Å²) >= 11 is 0. The maximum atomic E-state index is 2.51. The first-order chi connectivity index (χ1) is 21.5. The quantitative estimate of drug-likeness (QED) is 0.192. The summed E-state index contributed by atoms with van der Waals surface area (Å²) in [6, 6.07) is 31.1. The summed E-state index contributed by atoms with van der Waals surface area (Å²) in [4.78, 5) is 0. The van der Waals surface area contributed by atoms with Crippen LogP contribution < -0.4 is 0 Å². The fourth-order valence-corrected chi connectivity index (χ4v) is 8.99. The minimum Gasteiger partial charge on any atom is -0.0590 e. The lowest BCUT2D eigenvalue weighted by Crippen LogP contribution is -2.43. The van der Waals surface area contributed by atoms with Crippen molar-refractivity contribution in [3.63, 3.8) is 0 Å². The highest BCUT2D eigenvalue weighted by atomic mass is 14.6. The van der Waals surface area contributed by atoms with Gasteiger partial charge in [-0.3, -0.25) is 0 Å². The maximum absolute atomic E-state index is 2.51. The standard InChI is InChI=1S/C46H52/c1-27-13-17-31(18-14-27)46(32-19-15-28(2)16-20-32)40-29(3)38(41(46)42(40)45(10,11)12)39-36-26-30-25-33(43(4,5)6)21-22-34(30)35(36)23-24-37(39)44(7,8)9/h13-25,29H,26H2,1-12H3. The van der Waals surface area contributed by atoms with Crippen LogP contribution in [0.1, 0.15) is 119 Å². The molecule has 0 aromatic heterocycles. The van der Waals surface area contributed by atoms with Crippen LogP contribution in [0.25, 0.3) is 16.7 Å². The lowest BCUT2D eigenvalue weighted by Gasteiger charge is -2.50. The topological polar surface area (TPSA) is 0 Å². The lowest BCUT2D eigenvalue weighted by atomic mass is 9.51. The molecule has 1 atom stereocenters. The maximum Gasteiger partial charge on any atom is 0.0679 e. The zero-order valence-corrected chi connectivity index (χ0v) is 30.3. The van der Waals surface area contributed by atoms with Crippen LogP contribution in [0.15, 0.2) is 95.6 Å². The average Bonchev–Trinajstić information content (AvgIpc) is 3.57. The molecule has 0 heteroatoms. The highest BCUT2D eigenvalue weighted by Crippen LogP contribution is 2.72. The summed E-state index contributed by atoms with van der Waals surface area (Å²) in [5.41, 5.74) is 22.0. The second kappa shape index (κ2) is 9.93. The Morgan fingerprint density at radius 2 is 1.15 bits per heavy atom. The Balaban J connectivity index is 1.58. The summed E-state index contributed by atoms with van der Waals surface area (Å²) in [6.45, 7) is 28.4. The third-order valence-corrected chi connectivity index (χ3v) is 11.2. The van der Waals surface area contributed by atoms with Gasteiger partial charge in [0.15, 0.2) is 0 Å². The number of benzene rings is 4. The van der Waals surface area contributed by atoms with Gasteiger partial charge >= 0.3 is 0 Å². The van der Waals surface area contributed by atoms with Gasteiger partial charge in [0.2, 0.25) is 0 Å². The van der Waals surface area contributed by atoms with Crippen LogP contribution in [-0.2, 0) is 22.7 Å². The highest BCUT2D eigenvalue weighted by Gasteiger charge is 2.62. The Morgan fingerprint density at radius 1 is 0.609 bits per heavy atom. The normalized spacial score (nSPS) is 18.6. The molecule has 0 saturated carbocycles. The molecule has 4 aromatic rings. The van der Waals surface area contributed by atoms with Crippen molar-refractivity contribution in [3.8, 4) is 11.1 Å². The van der Waals surface area contributed by atoms with E-state index in [1.54, 1.807) is 22.3 Å². The molecule has 0 amide bonds. The third-order valence-electron chi connectivity index (χ3n) is 11.2. The zero-order chi connectivity index (χ0) is 33.1. The fraction of sp³-hybridized carbons (Fsp3) is 0.391. The first-order valence-electron chi connectivity index (χ1n) is 17.4. The molecule has 4 aliphatic rings. The van der Waals surface area contributed by atoms with Crippen molar-refractivity contribution < 1.29 is 0 Å². The van der Waals surface area contributed by atoms with Crippen molar-refractivity contribution in [1.82, 2.24) is 0 Å². The zero-order valence-electron chi connectivity index (χ0n) is 30.3. The molecule has 4 aromatic carbocycles. The molecule has 0 heterocycles. The smallest absolute Gasteiger partial charge is 0.0590 e. The van der Waals surface area contributed by atoms with Crippen molar-refractivity contribution in [2.45, 2.75) is 106 Å². The lowest BCUT2D eigenvalue weighted by molar-refractivity contribution is 0.448. The number of allylic oxidation sites excluding steroid dienone is 4. The molecule has 8 rings (SSSR count). The predicted octanol–water partition coefficient (Wildman–Crippen LogP) is 12.2. The minimum absolute atomic E-state index is 0.0128. The van der Waals surface area contributed by atoms with Crippen LogP contribution in [0.5, 0.6) is 0 Å². The number of fused-ring (bicyclic) bond motifs is 4. The van der Waals surface area contributed by atoms with E-state index >= 15 is 0 Å². The van der Waals surface area contributed by atoms with Gasteiger partial charge in [0.25, 0.3) is 0 Å². The summed E-state index contributed by atoms with van der Waals surface area (Å²) < 4.78 is 0. The van der Waals surface area contributed by atoms with Gasteiger partial charge < -0.3 is 0 Å². The molecule has 0 nitrogen and oxygen atoms in total. The number of hydrogen-bond acceptors (Lipinski definition) is 0. The largest absolute Gasteiger partial charge is 0.0679 e. The van der Waals surface area contributed by atoms with Crippen molar-refractivity contribution >= 4 is 5.57 Å². The van der Waals surface area contributed by atoms with Crippen molar-refractivity contribution in [1.29, 1.82) is 0 Å². The second-order valence-corrected chi connectivity index (χ2v) is 17.6. The summed E-state index contributed by atoms with van der Waals surface area (Å²) in [6.07, 6.45) is 1.000. The van der Waals surface area contributed by atoms with E-state index < -0.39 is 0 Å². The van der Waals surface area contributed by atoms with E-state index in [-0.39, 0.29) is 21.7 Å². The van der Waals surface area contributed by atoms with E-state index in [1.807, 2.05) is 0 Å². The van der Waals surface area contributed by atoms with Crippen LogP contribution in [0.2, 0.25) is 0 Å². The Kier molecular flexibility index (Phi) is 6.69. The van der Waals surface area contributed by atoms with Gasteiger partial charge in [0.1, 0.15) is 0 Å². The van der Waals surface area contributed by atoms with Gasteiger partial charge in [0, 0.05) is 5.92 Å². The molecule has 0 N–H and O–H groups in total. The van der Waals surface area contributed by atoms with Gasteiger partial charge in [-0.25, -0.2) is 0 Å². The Hall–Kier alpha value is -3.64. The predicted molar refractivity (Wildman–Crippen MR) is 198 cm³/mol. The van der Waals surface area contributed by atoms with Gasteiger partial charge in [-0.05, 0) is 109 Å². The Bertz CT molecular complexity index is 1900. The van der Waals surface area contributed by atoms with Crippen LogP contribution in [0.4, 0.5) is 0 Å². The second-order valence-electron chi connectivity index (χ2n) is 17.6. The van der Waals surface area contributed by atoms with Crippen LogP contribution in [0.3, 0.4) is 0 Å². The van der Waals surface area contributed by atoms with Crippen LogP contribution in [0, 0.1) is 25.2 Å². The van der Waals surface area contributed by atoms with E-state index in [0.717, 1.165) is 6.42 Å². The summed E-state index contributed by atoms with van der Waals surface area (Å²) in [7, 11) is 0. The fourth-order valence-electron chi connectivity index (χ4n) is 8.99. The van der Waals surface area contributed by atoms with Gasteiger partial charge in [0.05, 0.1) is 5.41 Å². The molecular formula is C46H52. The number of rotatable bonds is 3. The number of aryl methyl sites for hydroxylation is 2. The molecule has 2 bridgehead atoms. The third kappa shape index (κ3) is 4.32. The van der Waals surface area contributed by atoms with E-state index in [9.17, 15) is 0 Å². The van der Waals surface area contributed by atoms with Crippen LogP contribution >= 0.6 is 0 Å². The Morgan fingerprint density at radius 3 is 1.65 bits per heavy atom. The molecule has 0 radical (unpaired) electrons. The average molecular weight is 605 g/mol. The molecule has 0 spiro atoms. The molecule has 236 valence electrons. The van der Waals surface area contributed by atoms with Gasteiger partial charge in [-0.1, -0.05) is 159 Å². The van der Waals surface area contributed by atoms with Crippen LogP contribution in [-0.4, -0.2) is 0 Å². The van der Waals surface area contributed by atoms with Crippen molar-refractivity contribution in [3.05, 3.63) is 146 Å². The minimum atomic E-state index is -0.235. The van der Waals surface area contributed by atoms with E-state index in [1.165, 1.54) is 61.2 Å². The molecule has 0 saturated heterocycles. The molecule has 4 aliphatic carbocycles. The molecule has 1 unspecified atom stereocenters. The first-order valence-corrected chi connectivity index (χ1v) is 17.4. The molecule has 0 aliphatic heterocycles. The van der Waals surface area contributed by atoms with E-state index in [2.05, 4.69) is 162 Å². The highest BCUT2D eigenvalue weighted by molar-refractivity contribution is 5.99.